The molecule has 0 saturated heterocycles. The summed E-state index contributed by atoms with van der Waals surface area (Å²) in [5, 5.41) is 6.29. The highest BCUT2D eigenvalue weighted by Gasteiger charge is 2.06. The van der Waals surface area contributed by atoms with E-state index in [1.165, 1.54) is 11.1 Å². The Balaban J connectivity index is 1.86. The van der Waals surface area contributed by atoms with E-state index in [-0.39, 0.29) is 5.91 Å². The second-order valence-corrected chi connectivity index (χ2v) is 6.11. The van der Waals surface area contributed by atoms with Gasteiger partial charge in [-0.1, -0.05) is 41.1 Å². The largest absolute Gasteiger partial charge is 0.384 e. The lowest BCUT2D eigenvalue weighted by molar-refractivity contribution is -0.115. The van der Waals surface area contributed by atoms with Gasteiger partial charge >= 0.3 is 0 Å². The van der Waals surface area contributed by atoms with E-state index in [1.54, 1.807) is 0 Å². The average molecular weight is 361 g/mol. The Morgan fingerprint density at radius 2 is 1.86 bits per heavy atom. The summed E-state index contributed by atoms with van der Waals surface area (Å²) in [5.41, 5.74) is 4.47. The van der Waals surface area contributed by atoms with Crippen molar-refractivity contribution in [1.82, 2.24) is 0 Å². The molecule has 0 heterocycles. The summed E-state index contributed by atoms with van der Waals surface area (Å²) in [6.07, 6.45) is 1.42. The molecule has 0 unspecified atom stereocenters. The van der Waals surface area contributed by atoms with E-state index < -0.39 is 0 Å². The van der Waals surface area contributed by atoms with Crippen molar-refractivity contribution in [2.45, 2.75) is 26.7 Å². The smallest absolute Gasteiger partial charge is 0.226 e. The maximum Gasteiger partial charge on any atom is 0.226 e. The lowest BCUT2D eigenvalue weighted by atomic mass is 10.1. The summed E-state index contributed by atoms with van der Waals surface area (Å²) < 4.78 is 0.999. The minimum atomic E-state index is 0.0152. The van der Waals surface area contributed by atoms with Gasteiger partial charge in [0.2, 0.25) is 5.91 Å². The van der Waals surface area contributed by atoms with E-state index in [1.807, 2.05) is 24.3 Å². The molecule has 0 fully saturated rings. The quantitative estimate of drug-likeness (QED) is 0.779. The number of benzene rings is 2. The van der Waals surface area contributed by atoms with Crippen LogP contribution in [-0.4, -0.2) is 12.5 Å². The van der Waals surface area contributed by atoms with Crippen LogP contribution in [0.15, 0.2) is 46.9 Å². The molecule has 2 aromatic rings. The number of rotatable bonds is 6. The van der Waals surface area contributed by atoms with Gasteiger partial charge in [0, 0.05) is 28.8 Å². The standard InChI is InChI=1S/C18H21BrN2O/c1-3-14-6-4-5-13(2)18(14)20-12-11-17(22)21-16-9-7-15(19)8-10-16/h4-10,20H,3,11-12H2,1-2H3,(H,21,22). The molecule has 0 radical (unpaired) electrons. The number of halogens is 1. The van der Waals surface area contributed by atoms with Crippen LogP contribution in [0.1, 0.15) is 24.5 Å². The number of anilines is 2. The van der Waals surface area contributed by atoms with Crippen LogP contribution in [0.4, 0.5) is 11.4 Å². The third-order valence-electron chi connectivity index (χ3n) is 3.52. The predicted molar refractivity (Wildman–Crippen MR) is 96.4 cm³/mol. The Labute approximate surface area is 140 Å². The van der Waals surface area contributed by atoms with Crippen molar-refractivity contribution in [3.8, 4) is 0 Å². The minimum absolute atomic E-state index is 0.0152. The summed E-state index contributed by atoms with van der Waals surface area (Å²) in [5.74, 6) is 0.0152. The van der Waals surface area contributed by atoms with Crippen LogP contribution in [0.2, 0.25) is 0 Å². The average Bonchev–Trinajstić information content (AvgIpc) is 2.51. The van der Waals surface area contributed by atoms with Gasteiger partial charge < -0.3 is 10.6 Å². The van der Waals surface area contributed by atoms with Crippen LogP contribution >= 0.6 is 15.9 Å². The van der Waals surface area contributed by atoms with Crippen molar-refractivity contribution in [2.75, 3.05) is 17.2 Å². The Morgan fingerprint density at radius 3 is 2.55 bits per heavy atom. The van der Waals surface area contributed by atoms with Gasteiger partial charge in [0.25, 0.3) is 0 Å². The zero-order valence-corrected chi connectivity index (χ0v) is 14.5. The lowest BCUT2D eigenvalue weighted by Crippen LogP contribution is -2.17. The Hall–Kier alpha value is -1.81. The molecular formula is C18H21BrN2O. The van der Waals surface area contributed by atoms with Gasteiger partial charge in [0.1, 0.15) is 0 Å². The highest BCUT2D eigenvalue weighted by Crippen LogP contribution is 2.21. The van der Waals surface area contributed by atoms with E-state index in [0.717, 1.165) is 22.3 Å². The van der Waals surface area contributed by atoms with Crippen LogP contribution in [0.3, 0.4) is 0 Å². The number of aryl methyl sites for hydroxylation is 2. The molecule has 2 aromatic carbocycles. The summed E-state index contributed by atoms with van der Waals surface area (Å²) in [6, 6.07) is 13.9. The van der Waals surface area contributed by atoms with Gasteiger partial charge in [-0.15, -0.1) is 0 Å². The number of para-hydroxylation sites is 1. The third-order valence-corrected chi connectivity index (χ3v) is 4.05. The molecule has 0 aliphatic rings. The highest BCUT2D eigenvalue weighted by atomic mass is 79.9. The molecule has 2 N–H and O–H groups in total. The fraction of sp³-hybridized carbons (Fsp3) is 0.278. The number of carbonyl (C=O) groups is 1. The zero-order chi connectivity index (χ0) is 15.9. The first kappa shape index (κ1) is 16.6. The van der Waals surface area contributed by atoms with Crippen LogP contribution in [-0.2, 0) is 11.2 Å². The summed E-state index contributed by atoms with van der Waals surface area (Å²) in [6.45, 7) is 4.85. The Bertz CT molecular complexity index is 638. The molecule has 116 valence electrons. The van der Waals surface area contributed by atoms with Crippen molar-refractivity contribution in [2.24, 2.45) is 0 Å². The molecule has 0 bridgehead atoms. The molecule has 22 heavy (non-hydrogen) atoms. The SMILES string of the molecule is CCc1cccc(C)c1NCCC(=O)Nc1ccc(Br)cc1. The first-order chi connectivity index (χ1) is 10.6. The van der Waals surface area contributed by atoms with Crippen LogP contribution < -0.4 is 10.6 Å². The normalized spacial score (nSPS) is 10.3. The fourth-order valence-electron chi connectivity index (χ4n) is 2.33. The molecule has 4 heteroatoms. The molecule has 2 rings (SSSR count). The first-order valence-electron chi connectivity index (χ1n) is 7.48. The van der Waals surface area contributed by atoms with Crippen molar-refractivity contribution in [3.05, 3.63) is 58.1 Å². The molecule has 3 nitrogen and oxygen atoms in total. The van der Waals surface area contributed by atoms with E-state index in [9.17, 15) is 4.79 Å². The molecule has 0 aromatic heterocycles. The van der Waals surface area contributed by atoms with Crippen LogP contribution in [0.5, 0.6) is 0 Å². The number of amides is 1. The molecule has 0 atom stereocenters. The monoisotopic (exact) mass is 360 g/mol. The molecule has 0 aliphatic heterocycles. The fourth-order valence-corrected chi connectivity index (χ4v) is 2.60. The van der Waals surface area contributed by atoms with E-state index in [0.29, 0.717) is 13.0 Å². The summed E-state index contributed by atoms with van der Waals surface area (Å²) >= 11 is 3.38. The maximum absolute atomic E-state index is 12.0. The van der Waals surface area contributed by atoms with Gasteiger partial charge in [0.15, 0.2) is 0 Å². The topological polar surface area (TPSA) is 41.1 Å². The Morgan fingerprint density at radius 1 is 1.14 bits per heavy atom. The maximum atomic E-state index is 12.0. The number of nitrogens with one attached hydrogen (secondary N) is 2. The van der Waals surface area contributed by atoms with E-state index in [2.05, 4.69) is 58.6 Å². The number of hydrogen-bond acceptors (Lipinski definition) is 2. The highest BCUT2D eigenvalue weighted by molar-refractivity contribution is 9.10. The lowest BCUT2D eigenvalue weighted by Gasteiger charge is -2.14. The Kier molecular flexibility index (Phi) is 6.01. The van der Waals surface area contributed by atoms with Crippen LogP contribution in [0, 0.1) is 6.92 Å². The summed E-state index contributed by atoms with van der Waals surface area (Å²) in [4.78, 5) is 12.0. The van der Waals surface area contributed by atoms with E-state index >= 15 is 0 Å². The van der Waals surface area contributed by atoms with Crippen molar-refractivity contribution in [1.29, 1.82) is 0 Å². The molecule has 1 amide bonds. The molecule has 0 aliphatic carbocycles. The zero-order valence-electron chi connectivity index (χ0n) is 12.9. The molecule has 0 spiro atoms. The summed E-state index contributed by atoms with van der Waals surface area (Å²) in [7, 11) is 0. The van der Waals surface area contributed by atoms with Crippen molar-refractivity contribution in [3.63, 3.8) is 0 Å². The number of hydrogen-bond donors (Lipinski definition) is 2. The molecule has 0 saturated carbocycles. The molecular weight excluding hydrogens is 340 g/mol. The van der Waals surface area contributed by atoms with Crippen molar-refractivity contribution >= 4 is 33.2 Å². The second-order valence-electron chi connectivity index (χ2n) is 5.19. The predicted octanol–water partition coefficient (Wildman–Crippen LogP) is 4.76. The van der Waals surface area contributed by atoms with Gasteiger partial charge in [0.05, 0.1) is 0 Å². The van der Waals surface area contributed by atoms with Crippen molar-refractivity contribution < 1.29 is 4.79 Å². The third kappa shape index (κ3) is 4.60. The van der Waals surface area contributed by atoms with Gasteiger partial charge in [-0.2, -0.15) is 0 Å². The second kappa shape index (κ2) is 7.99. The minimum Gasteiger partial charge on any atom is -0.384 e. The first-order valence-corrected chi connectivity index (χ1v) is 8.27. The number of carbonyl (C=O) groups excluding carboxylic acids is 1. The van der Waals surface area contributed by atoms with Crippen LogP contribution in [0.25, 0.3) is 0 Å². The van der Waals surface area contributed by atoms with Gasteiger partial charge in [-0.05, 0) is 48.7 Å². The van der Waals surface area contributed by atoms with E-state index in [4.69, 9.17) is 0 Å². The van der Waals surface area contributed by atoms with Gasteiger partial charge in [-0.3, -0.25) is 4.79 Å². The van der Waals surface area contributed by atoms with Gasteiger partial charge in [-0.25, -0.2) is 0 Å².